The second kappa shape index (κ2) is 10.7. The second-order valence-corrected chi connectivity index (χ2v) is 9.05. The molecule has 1 N–H and O–H groups in total. The van der Waals surface area contributed by atoms with Gasteiger partial charge < -0.3 is 19.2 Å². The SMILES string of the molecule is O=C(COc1ccccc1)c1ccc2c(c1)N(Cc1ccc(C(=O)NC3CCCCC3)o1)C(=O)CO2. The number of amides is 2. The smallest absolute Gasteiger partial charge is 0.287 e. The van der Waals surface area contributed by atoms with Crippen LogP contribution < -0.4 is 19.7 Å². The van der Waals surface area contributed by atoms with E-state index in [1.165, 1.54) is 11.3 Å². The number of carbonyl (C=O) groups excluding carboxylic acids is 3. The Kier molecular flexibility index (Phi) is 7.02. The molecule has 1 aliphatic heterocycles. The van der Waals surface area contributed by atoms with Gasteiger partial charge in [-0.25, -0.2) is 0 Å². The fourth-order valence-electron chi connectivity index (χ4n) is 4.54. The minimum absolute atomic E-state index is 0.115. The molecule has 3 aromatic rings. The summed E-state index contributed by atoms with van der Waals surface area (Å²) in [7, 11) is 0. The Morgan fingerprint density at radius 3 is 2.61 bits per heavy atom. The van der Waals surface area contributed by atoms with Crippen molar-refractivity contribution in [3.63, 3.8) is 0 Å². The predicted octanol–water partition coefficient (Wildman–Crippen LogP) is 4.53. The number of nitrogens with zero attached hydrogens (tertiary/aromatic N) is 1. The van der Waals surface area contributed by atoms with Gasteiger partial charge in [0, 0.05) is 11.6 Å². The number of furan rings is 1. The molecule has 2 amide bonds. The molecule has 8 heteroatoms. The van der Waals surface area contributed by atoms with Crippen LogP contribution in [0.2, 0.25) is 0 Å². The summed E-state index contributed by atoms with van der Waals surface area (Å²) < 4.78 is 16.9. The van der Waals surface area contributed by atoms with E-state index >= 15 is 0 Å². The molecule has 0 bridgehead atoms. The van der Waals surface area contributed by atoms with Crippen LogP contribution in [0.15, 0.2) is 65.1 Å². The quantitative estimate of drug-likeness (QED) is 0.468. The molecule has 1 fully saturated rings. The van der Waals surface area contributed by atoms with Crippen molar-refractivity contribution in [2.45, 2.75) is 44.7 Å². The van der Waals surface area contributed by atoms with Crippen LogP contribution in [0.25, 0.3) is 0 Å². The fraction of sp³-hybridized carbons (Fsp3) is 0.321. The topological polar surface area (TPSA) is 98.1 Å². The fourth-order valence-corrected chi connectivity index (χ4v) is 4.54. The first-order chi connectivity index (χ1) is 17.6. The maximum atomic E-state index is 12.8. The van der Waals surface area contributed by atoms with Crippen LogP contribution in [0.3, 0.4) is 0 Å². The Morgan fingerprint density at radius 2 is 1.81 bits per heavy atom. The van der Waals surface area contributed by atoms with Gasteiger partial charge in [0.2, 0.25) is 0 Å². The molecule has 5 rings (SSSR count). The highest BCUT2D eigenvalue weighted by molar-refractivity contribution is 6.02. The molecule has 0 unspecified atom stereocenters. The largest absolute Gasteiger partial charge is 0.485 e. The Bertz CT molecular complexity index is 1250. The van der Waals surface area contributed by atoms with Gasteiger partial charge in [-0.05, 0) is 55.3 Å². The molecule has 1 saturated carbocycles. The van der Waals surface area contributed by atoms with Gasteiger partial charge in [0.1, 0.15) is 17.3 Å². The Balaban J connectivity index is 1.28. The van der Waals surface area contributed by atoms with Crippen LogP contribution in [-0.4, -0.2) is 36.9 Å². The zero-order chi connectivity index (χ0) is 24.9. The van der Waals surface area contributed by atoms with Crippen molar-refractivity contribution >= 4 is 23.3 Å². The normalized spacial score (nSPS) is 15.7. The van der Waals surface area contributed by atoms with Crippen LogP contribution in [0, 0.1) is 0 Å². The number of nitrogens with one attached hydrogen (secondary N) is 1. The van der Waals surface area contributed by atoms with E-state index in [1.807, 2.05) is 18.2 Å². The van der Waals surface area contributed by atoms with E-state index in [0.29, 0.717) is 28.5 Å². The van der Waals surface area contributed by atoms with Gasteiger partial charge in [0.05, 0.1) is 12.2 Å². The third-order valence-corrected chi connectivity index (χ3v) is 6.48. The number of Topliss-reactive ketones (excluding diaryl/α,β-unsaturated/α-hetero) is 1. The number of hydrogen-bond acceptors (Lipinski definition) is 6. The molecule has 2 aliphatic rings. The van der Waals surface area contributed by atoms with Gasteiger partial charge in [0.15, 0.2) is 24.8 Å². The van der Waals surface area contributed by atoms with E-state index in [0.717, 1.165) is 25.7 Å². The average molecular weight is 489 g/mol. The predicted molar refractivity (Wildman–Crippen MR) is 132 cm³/mol. The number of hydrogen-bond donors (Lipinski definition) is 1. The average Bonchev–Trinajstić information content (AvgIpc) is 3.39. The minimum Gasteiger partial charge on any atom is -0.485 e. The summed E-state index contributed by atoms with van der Waals surface area (Å²) in [5, 5.41) is 3.04. The Labute approximate surface area is 209 Å². The summed E-state index contributed by atoms with van der Waals surface area (Å²) in [6.45, 7) is -0.132. The first kappa shape index (κ1) is 23.7. The molecule has 0 spiro atoms. The zero-order valence-electron chi connectivity index (χ0n) is 19.9. The summed E-state index contributed by atoms with van der Waals surface area (Å²) in [5.41, 5.74) is 0.876. The molecule has 0 radical (unpaired) electrons. The maximum Gasteiger partial charge on any atom is 0.287 e. The third-order valence-electron chi connectivity index (χ3n) is 6.48. The number of benzene rings is 2. The minimum atomic E-state index is -0.266. The van der Waals surface area contributed by atoms with Crippen LogP contribution >= 0.6 is 0 Å². The molecule has 2 heterocycles. The zero-order valence-corrected chi connectivity index (χ0v) is 19.9. The number of rotatable bonds is 8. The molecule has 0 saturated heterocycles. The van der Waals surface area contributed by atoms with Crippen molar-refractivity contribution in [1.29, 1.82) is 0 Å². The van der Waals surface area contributed by atoms with Crippen LogP contribution in [0.1, 0.15) is 58.8 Å². The maximum absolute atomic E-state index is 12.8. The van der Waals surface area contributed by atoms with Crippen molar-refractivity contribution in [2.24, 2.45) is 0 Å². The van der Waals surface area contributed by atoms with Gasteiger partial charge in [-0.2, -0.15) is 0 Å². The standard InChI is InChI=1S/C28H28N2O6/c31-24(17-34-21-9-5-2-6-10-21)19-11-13-25-23(15-19)30(27(32)18-35-25)16-22-12-14-26(36-22)28(33)29-20-7-3-1-4-8-20/h2,5-6,9-15,20H,1,3-4,7-8,16-18H2,(H,29,33). The van der Waals surface area contributed by atoms with Crippen molar-refractivity contribution < 1.29 is 28.3 Å². The highest BCUT2D eigenvalue weighted by Gasteiger charge is 2.28. The highest BCUT2D eigenvalue weighted by atomic mass is 16.5. The van der Waals surface area contributed by atoms with E-state index in [1.54, 1.807) is 42.5 Å². The van der Waals surface area contributed by atoms with Crippen LogP contribution in [0.5, 0.6) is 11.5 Å². The van der Waals surface area contributed by atoms with E-state index in [2.05, 4.69) is 5.32 Å². The van der Waals surface area contributed by atoms with Crippen LogP contribution in [0.4, 0.5) is 5.69 Å². The molecule has 36 heavy (non-hydrogen) atoms. The Hall–Kier alpha value is -4.07. The van der Waals surface area contributed by atoms with Crippen molar-refractivity contribution in [3.8, 4) is 11.5 Å². The second-order valence-electron chi connectivity index (χ2n) is 9.05. The van der Waals surface area contributed by atoms with Crippen molar-refractivity contribution in [3.05, 3.63) is 77.7 Å². The first-order valence-electron chi connectivity index (χ1n) is 12.2. The first-order valence-corrected chi connectivity index (χ1v) is 12.2. The number of carbonyl (C=O) groups is 3. The molecule has 1 aromatic heterocycles. The molecule has 1 aliphatic carbocycles. The van der Waals surface area contributed by atoms with E-state index in [4.69, 9.17) is 13.9 Å². The summed E-state index contributed by atoms with van der Waals surface area (Å²) in [5.74, 6) is 1.05. The monoisotopic (exact) mass is 488 g/mol. The molecule has 8 nitrogen and oxygen atoms in total. The number of para-hydroxylation sites is 1. The molecular weight excluding hydrogens is 460 g/mol. The lowest BCUT2D eigenvalue weighted by Gasteiger charge is -2.29. The molecular formula is C28H28N2O6. The molecule has 2 aromatic carbocycles. The lowest BCUT2D eigenvalue weighted by atomic mass is 9.95. The van der Waals surface area contributed by atoms with E-state index < -0.39 is 0 Å². The summed E-state index contributed by atoms with van der Waals surface area (Å²) in [6, 6.07) is 17.6. The van der Waals surface area contributed by atoms with Crippen LogP contribution in [-0.2, 0) is 11.3 Å². The highest BCUT2D eigenvalue weighted by Crippen LogP contribution is 2.34. The number of ketones is 1. The molecule has 186 valence electrons. The number of ether oxygens (including phenoxy) is 2. The van der Waals surface area contributed by atoms with E-state index in [-0.39, 0.29) is 49.2 Å². The van der Waals surface area contributed by atoms with Crippen molar-refractivity contribution in [2.75, 3.05) is 18.1 Å². The Morgan fingerprint density at radius 1 is 1.00 bits per heavy atom. The summed E-state index contributed by atoms with van der Waals surface area (Å²) in [6.07, 6.45) is 5.41. The number of fused-ring (bicyclic) bond motifs is 1. The third kappa shape index (κ3) is 5.43. The van der Waals surface area contributed by atoms with Gasteiger partial charge in [-0.1, -0.05) is 37.5 Å². The summed E-state index contributed by atoms with van der Waals surface area (Å²) >= 11 is 0. The van der Waals surface area contributed by atoms with Gasteiger partial charge in [-0.3, -0.25) is 19.3 Å². The number of anilines is 1. The van der Waals surface area contributed by atoms with Gasteiger partial charge in [-0.15, -0.1) is 0 Å². The van der Waals surface area contributed by atoms with E-state index in [9.17, 15) is 14.4 Å². The van der Waals surface area contributed by atoms with Gasteiger partial charge in [0.25, 0.3) is 11.8 Å². The van der Waals surface area contributed by atoms with Gasteiger partial charge >= 0.3 is 0 Å². The lowest BCUT2D eigenvalue weighted by Crippen LogP contribution is -2.38. The molecule has 0 atom stereocenters. The summed E-state index contributed by atoms with van der Waals surface area (Å²) in [4.78, 5) is 39.6. The van der Waals surface area contributed by atoms with Crippen molar-refractivity contribution in [1.82, 2.24) is 5.32 Å². The lowest BCUT2D eigenvalue weighted by molar-refractivity contribution is -0.121.